The van der Waals surface area contributed by atoms with Crippen molar-refractivity contribution in [1.82, 2.24) is 5.32 Å². The topological polar surface area (TPSA) is 21.3 Å². The van der Waals surface area contributed by atoms with E-state index in [1.165, 1.54) is 31.2 Å². The number of ether oxygens (including phenoxy) is 1. The van der Waals surface area contributed by atoms with Gasteiger partial charge in [-0.2, -0.15) is 0 Å². The van der Waals surface area contributed by atoms with Gasteiger partial charge >= 0.3 is 0 Å². The Kier molecular flexibility index (Phi) is 8.36. The van der Waals surface area contributed by atoms with Gasteiger partial charge in [0, 0.05) is 6.04 Å². The van der Waals surface area contributed by atoms with E-state index >= 15 is 0 Å². The molecule has 1 aromatic carbocycles. The van der Waals surface area contributed by atoms with Gasteiger partial charge in [0.25, 0.3) is 0 Å². The summed E-state index contributed by atoms with van der Waals surface area (Å²) in [6.07, 6.45) is 6.02. The van der Waals surface area contributed by atoms with Gasteiger partial charge in [-0.25, -0.2) is 0 Å². The molecule has 0 bridgehead atoms. The quantitative estimate of drug-likeness (QED) is 0.611. The lowest BCUT2D eigenvalue weighted by Crippen LogP contribution is -2.19. The molecule has 2 heteroatoms. The van der Waals surface area contributed by atoms with Crippen LogP contribution in [0.5, 0.6) is 5.75 Å². The maximum Gasteiger partial charge on any atom is 0.119 e. The van der Waals surface area contributed by atoms with Crippen molar-refractivity contribution in [3.63, 3.8) is 0 Å². The maximum absolute atomic E-state index is 5.72. The number of unbranched alkanes of at least 4 members (excludes halogenated alkanes) is 1. The van der Waals surface area contributed by atoms with E-state index < -0.39 is 0 Å². The number of hydrogen-bond donors (Lipinski definition) is 1. The number of hydrogen-bond acceptors (Lipinski definition) is 2. The third-order valence-electron chi connectivity index (χ3n) is 4.12. The zero-order chi connectivity index (χ0) is 14.8. The molecule has 0 aliphatic carbocycles. The van der Waals surface area contributed by atoms with Crippen molar-refractivity contribution in [2.45, 2.75) is 58.9 Å². The SMILES string of the molecule is CCCCOc1ccc(C(CC(CC)CC)NC)cc1. The third kappa shape index (κ3) is 5.54. The standard InChI is InChI=1S/C18H31NO/c1-5-8-13-20-17-11-9-16(10-12-17)18(19-4)14-15(6-2)7-3/h9-12,15,18-19H,5-8,13-14H2,1-4H3. The highest BCUT2D eigenvalue weighted by Crippen LogP contribution is 2.26. The molecule has 1 atom stereocenters. The highest BCUT2D eigenvalue weighted by atomic mass is 16.5. The number of benzene rings is 1. The van der Waals surface area contributed by atoms with E-state index in [1.807, 2.05) is 0 Å². The molecule has 0 aromatic heterocycles. The summed E-state index contributed by atoms with van der Waals surface area (Å²) in [6, 6.07) is 9.05. The molecule has 1 N–H and O–H groups in total. The van der Waals surface area contributed by atoms with Crippen molar-refractivity contribution in [2.75, 3.05) is 13.7 Å². The molecule has 0 saturated heterocycles. The Bertz CT molecular complexity index is 343. The normalized spacial score (nSPS) is 12.7. The molecule has 0 aliphatic heterocycles. The minimum Gasteiger partial charge on any atom is -0.494 e. The second-order valence-corrected chi connectivity index (χ2v) is 5.53. The Balaban J connectivity index is 2.59. The van der Waals surface area contributed by atoms with Gasteiger partial charge in [0.1, 0.15) is 5.75 Å². The molecule has 0 fully saturated rings. The lowest BCUT2D eigenvalue weighted by molar-refractivity contribution is 0.309. The second-order valence-electron chi connectivity index (χ2n) is 5.53. The molecule has 2 nitrogen and oxygen atoms in total. The zero-order valence-corrected chi connectivity index (χ0v) is 13.6. The second kappa shape index (κ2) is 9.82. The van der Waals surface area contributed by atoms with Crippen LogP contribution in [0.25, 0.3) is 0 Å². The predicted octanol–water partition coefficient (Wildman–Crippen LogP) is 4.95. The predicted molar refractivity (Wildman–Crippen MR) is 87.3 cm³/mol. The summed E-state index contributed by atoms with van der Waals surface area (Å²) in [7, 11) is 2.05. The van der Waals surface area contributed by atoms with E-state index in [1.54, 1.807) is 0 Å². The highest BCUT2D eigenvalue weighted by Gasteiger charge is 2.14. The molecule has 0 heterocycles. The fourth-order valence-electron chi connectivity index (χ4n) is 2.51. The van der Waals surface area contributed by atoms with E-state index in [0.717, 1.165) is 24.7 Å². The van der Waals surface area contributed by atoms with Crippen LogP contribution in [0.2, 0.25) is 0 Å². The van der Waals surface area contributed by atoms with Gasteiger partial charge in [-0.05, 0) is 43.5 Å². The first kappa shape index (κ1) is 17.0. The zero-order valence-electron chi connectivity index (χ0n) is 13.6. The van der Waals surface area contributed by atoms with Crippen LogP contribution in [-0.2, 0) is 0 Å². The van der Waals surface area contributed by atoms with Crippen molar-refractivity contribution >= 4 is 0 Å². The van der Waals surface area contributed by atoms with E-state index in [-0.39, 0.29) is 0 Å². The molecule has 114 valence electrons. The van der Waals surface area contributed by atoms with Gasteiger partial charge in [-0.15, -0.1) is 0 Å². The summed E-state index contributed by atoms with van der Waals surface area (Å²) < 4.78 is 5.72. The minimum absolute atomic E-state index is 0.449. The van der Waals surface area contributed by atoms with Crippen LogP contribution >= 0.6 is 0 Å². The summed E-state index contributed by atoms with van der Waals surface area (Å²) in [4.78, 5) is 0. The summed E-state index contributed by atoms with van der Waals surface area (Å²) in [5, 5.41) is 3.45. The molecule has 0 aliphatic rings. The van der Waals surface area contributed by atoms with Crippen molar-refractivity contribution in [3.8, 4) is 5.75 Å². The fourth-order valence-corrected chi connectivity index (χ4v) is 2.51. The summed E-state index contributed by atoms with van der Waals surface area (Å²) in [5.41, 5.74) is 1.36. The van der Waals surface area contributed by atoms with Gasteiger partial charge in [0.2, 0.25) is 0 Å². The minimum atomic E-state index is 0.449. The number of rotatable bonds is 10. The Labute approximate surface area is 124 Å². The van der Waals surface area contributed by atoms with Crippen LogP contribution in [0.15, 0.2) is 24.3 Å². The molecule has 0 amide bonds. The van der Waals surface area contributed by atoms with Gasteiger partial charge in [-0.3, -0.25) is 0 Å². The van der Waals surface area contributed by atoms with Crippen molar-refractivity contribution in [1.29, 1.82) is 0 Å². The van der Waals surface area contributed by atoms with E-state index in [2.05, 4.69) is 57.4 Å². The average Bonchev–Trinajstić information content (AvgIpc) is 2.50. The maximum atomic E-state index is 5.72. The molecule has 1 rings (SSSR count). The molecule has 0 radical (unpaired) electrons. The van der Waals surface area contributed by atoms with Crippen LogP contribution in [0.4, 0.5) is 0 Å². The monoisotopic (exact) mass is 277 g/mol. The molecule has 1 aromatic rings. The van der Waals surface area contributed by atoms with Crippen LogP contribution in [0, 0.1) is 5.92 Å². The Morgan fingerprint density at radius 3 is 2.20 bits per heavy atom. The van der Waals surface area contributed by atoms with Crippen LogP contribution in [-0.4, -0.2) is 13.7 Å². The Morgan fingerprint density at radius 2 is 1.70 bits per heavy atom. The molecule has 0 spiro atoms. The van der Waals surface area contributed by atoms with Crippen molar-refractivity contribution in [2.24, 2.45) is 5.92 Å². The van der Waals surface area contributed by atoms with E-state index in [9.17, 15) is 0 Å². The van der Waals surface area contributed by atoms with Gasteiger partial charge < -0.3 is 10.1 Å². The summed E-state index contributed by atoms with van der Waals surface area (Å²) >= 11 is 0. The summed E-state index contributed by atoms with van der Waals surface area (Å²) in [5.74, 6) is 1.78. The smallest absolute Gasteiger partial charge is 0.119 e. The fraction of sp³-hybridized carbons (Fsp3) is 0.667. The van der Waals surface area contributed by atoms with Crippen LogP contribution in [0.1, 0.15) is 64.5 Å². The summed E-state index contributed by atoms with van der Waals surface area (Å²) in [6.45, 7) is 7.57. The van der Waals surface area contributed by atoms with Gasteiger partial charge in [0.15, 0.2) is 0 Å². The molecule has 20 heavy (non-hydrogen) atoms. The Hall–Kier alpha value is -1.02. The van der Waals surface area contributed by atoms with Crippen molar-refractivity contribution in [3.05, 3.63) is 29.8 Å². The van der Waals surface area contributed by atoms with Crippen molar-refractivity contribution < 1.29 is 4.74 Å². The first-order chi connectivity index (χ1) is 9.74. The van der Waals surface area contributed by atoms with Gasteiger partial charge in [0.05, 0.1) is 6.61 Å². The molecular formula is C18H31NO. The van der Waals surface area contributed by atoms with E-state index in [0.29, 0.717) is 6.04 Å². The lowest BCUT2D eigenvalue weighted by Gasteiger charge is -2.22. The number of nitrogens with one attached hydrogen (secondary N) is 1. The van der Waals surface area contributed by atoms with Crippen LogP contribution < -0.4 is 10.1 Å². The first-order valence-electron chi connectivity index (χ1n) is 8.15. The van der Waals surface area contributed by atoms with Crippen LogP contribution in [0.3, 0.4) is 0 Å². The Morgan fingerprint density at radius 1 is 1.05 bits per heavy atom. The van der Waals surface area contributed by atoms with Gasteiger partial charge in [-0.1, -0.05) is 52.2 Å². The van der Waals surface area contributed by atoms with E-state index in [4.69, 9.17) is 4.74 Å². The third-order valence-corrected chi connectivity index (χ3v) is 4.12. The molecule has 1 unspecified atom stereocenters. The highest BCUT2D eigenvalue weighted by molar-refractivity contribution is 5.29. The largest absolute Gasteiger partial charge is 0.494 e. The molecule has 0 saturated carbocycles. The average molecular weight is 277 g/mol. The molecular weight excluding hydrogens is 246 g/mol. The lowest BCUT2D eigenvalue weighted by atomic mass is 9.91. The first-order valence-corrected chi connectivity index (χ1v) is 8.15.